The zero-order valence-electron chi connectivity index (χ0n) is 14.8. The molecule has 0 bridgehead atoms. The van der Waals surface area contributed by atoms with Gasteiger partial charge in [0.05, 0.1) is 16.9 Å². The maximum atomic E-state index is 13.7. The van der Waals surface area contributed by atoms with E-state index in [1.165, 1.54) is 36.4 Å². The van der Waals surface area contributed by atoms with Crippen molar-refractivity contribution in [2.24, 2.45) is 0 Å². The quantitative estimate of drug-likeness (QED) is 0.333. The number of urea groups is 1. The number of carbonyl (C=O) groups is 2. The third-order valence-corrected chi connectivity index (χ3v) is 4.53. The molecule has 0 saturated carbocycles. The van der Waals surface area contributed by atoms with Crippen LogP contribution in [-0.2, 0) is 0 Å². The van der Waals surface area contributed by atoms with Crippen LogP contribution in [0.3, 0.4) is 0 Å². The average molecular weight is 432 g/mol. The van der Waals surface area contributed by atoms with Crippen LogP contribution in [0.15, 0.2) is 66.7 Å². The van der Waals surface area contributed by atoms with E-state index in [9.17, 15) is 19.1 Å². The lowest BCUT2D eigenvalue weighted by Crippen LogP contribution is -2.26. The van der Waals surface area contributed by atoms with Crippen molar-refractivity contribution >= 4 is 53.4 Å². The second-order valence-corrected chi connectivity index (χ2v) is 6.72. The molecule has 0 atom stereocenters. The molecule has 0 saturated heterocycles. The third kappa shape index (κ3) is 4.98. The van der Waals surface area contributed by atoms with Gasteiger partial charge in [-0.2, -0.15) is 0 Å². The van der Waals surface area contributed by atoms with E-state index in [-0.39, 0.29) is 17.0 Å². The first-order chi connectivity index (χ1) is 13.8. The van der Waals surface area contributed by atoms with Crippen LogP contribution < -0.4 is 14.9 Å². The minimum atomic E-state index is -0.620. The lowest BCUT2D eigenvalue weighted by molar-refractivity contribution is 0.102. The van der Waals surface area contributed by atoms with E-state index in [0.717, 1.165) is 4.31 Å². The van der Waals surface area contributed by atoms with Gasteiger partial charge >= 0.3 is 6.03 Å². The summed E-state index contributed by atoms with van der Waals surface area (Å²) in [6.07, 6.45) is 0. The molecular weight excluding hydrogens is 417 g/mol. The van der Waals surface area contributed by atoms with Crippen LogP contribution in [0.25, 0.3) is 0 Å². The topological polar surface area (TPSA) is 81.7 Å². The minimum absolute atomic E-state index is 0.0745. The summed E-state index contributed by atoms with van der Waals surface area (Å²) in [5, 5.41) is 15.2. The van der Waals surface area contributed by atoms with Gasteiger partial charge < -0.3 is 15.7 Å². The number of thiol groups is 1. The van der Waals surface area contributed by atoms with Crippen molar-refractivity contribution < 1.29 is 19.1 Å². The van der Waals surface area contributed by atoms with Crippen molar-refractivity contribution in [2.75, 3.05) is 14.9 Å². The van der Waals surface area contributed by atoms with Gasteiger partial charge in [-0.3, -0.25) is 4.79 Å². The number of amides is 3. The van der Waals surface area contributed by atoms with E-state index in [1.54, 1.807) is 30.3 Å². The van der Waals surface area contributed by atoms with E-state index in [0.29, 0.717) is 16.4 Å². The normalized spacial score (nSPS) is 10.3. The lowest BCUT2D eigenvalue weighted by Gasteiger charge is -2.17. The molecule has 3 N–H and O–H groups in total. The highest BCUT2D eigenvalue weighted by Gasteiger charge is 2.15. The van der Waals surface area contributed by atoms with Crippen LogP contribution in [0.5, 0.6) is 5.75 Å². The fourth-order valence-corrected chi connectivity index (χ4v) is 2.78. The smallest absolute Gasteiger partial charge is 0.336 e. The van der Waals surface area contributed by atoms with Crippen LogP contribution >= 0.6 is 24.4 Å². The fourth-order valence-electron chi connectivity index (χ4n) is 2.43. The number of anilines is 3. The Bertz CT molecular complexity index is 1060. The molecule has 0 heterocycles. The molecule has 9 heteroatoms. The Hall–Kier alpha value is -3.23. The first kappa shape index (κ1) is 20.5. The first-order valence-electron chi connectivity index (χ1n) is 8.29. The maximum Gasteiger partial charge on any atom is 0.336 e. The van der Waals surface area contributed by atoms with Gasteiger partial charge in [-0.05, 0) is 48.5 Å². The number of rotatable bonds is 4. The maximum absolute atomic E-state index is 13.7. The van der Waals surface area contributed by atoms with Crippen molar-refractivity contribution in [3.05, 3.63) is 83.1 Å². The number of carbonyl (C=O) groups excluding carboxylic acids is 2. The fraction of sp³-hybridized carbons (Fsp3) is 0. The molecule has 0 aliphatic carbocycles. The molecule has 6 nitrogen and oxygen atoms in total. The van der Waals surface area contributed by atoms with Gasteiger partial charge in [-0.1, -0.05) is 36.5 Å². The number of hydrogen-bond acceptors (Lipinski definition) is 4. The molecule has 3 amide bonds. The number of phenols is 1. The summed E-state index contributed by atoms with van der Waals surface area (Å²) in [5.41, 5.74) is 0.921. The molecule has 3 rings (SSSR count). The third-order valence-electron chi connectivity index (χ3n) is 3.88. The summed E-state index contributed by atoms with van der Waals surface area (Å²) in [7, 11) is 0. The first-order valence-corrected chi connectivity index (χ1v) is 9.07. The second-order valence-electron chi connectivity index (χ2n) is 5.88. The molecule has 0 aliphatic rings. The summed E-state index contributed by atoms with van der Waals surface area (Å²) in [6.45, 7) is 0. The van der Waals surface area contributed by atoms with Gasteiger partial charge in [0.15, 0.2) is 0 Å². The summed E-state index contributed by atoms with van der Waals surface area (Å²) >= 11 is 9.91. The Balaban J connectivity index is 1.66. The Morgan fingerprint density at radius 2 is 1.69 bits per heavy atom. The zero-order valence-corrected chi connectivity index (χ0v) is 16.4. The molecule has 0 radical (unpaired) electrons. The molecule has 0 aromatic heterocycles. The molecule has 29 heavy (non-hydrogen) atoms. The van der Waals surface area contributed by atoms with Crippen LogP contribution in [0, 0.1) is 5.82 Å². The number of phenolic OH excluding ortho intramolecular Hbond substituents is 1. The Morgan fingerprint density at radius 1 is 1.00 bits per heavy atom. The summed E-state index contributed by atoms with van der Waals surface area (Å²) in [5.74, 6) is -1.39. The highest BCUT2D eigenvalue weighted by molar-refractivity contribution is 7.82. The number of nitrogens with zero attached hydrogens (tertiary/aromatic N) is 1. The largest absolute Gasteiger partial charge is 0.506 e. The van der Waals surface area contributed by atoms with E-state index in [1.807, 2.05) is 0 Å². The molecule has 3 aromatic rings. The zero-order chi connectivity index (χ0) is 21.0. The summed E-state index contributed by atoms with van der Waals surface area (Å²) in [6, 6.07) is 15.5. The second kappa shape index (κ2) is 8.85. The van der Waals surface area contributed by atoms with E-state index in [4.69, 9.17) is 11.6 Å². The number of aromatic hydroxyl groups is 1. The average Bonchev–Trinajstić information content (AvgIpc) is 2.70. The van der Waals surface area contributed by atoms with E-state index in [2.05, 4.69) is 23.4 Å². The van der Waals surface area contributed by atoms with Crippen molar-refractivity contribution in [1.82, 2.24) is 0 Å². The molecule has 148 valence electrons. The van der Waals surface area contributed by atoms with Crippen LogP contribution in [0.2, 0.25) is 5.02 Å². The number of halogens is 2. The highest BCUT2D eigenvalue weighted by Crippen LogP contribution is 2.28. The van der Waals surface area contributed by atoms with Gasteiger partial charge in [0.1, 0.15) is 11.6 Å². The summed E-state index contributed by atoms with van der Waals surface area (Å²) < 4.78 is 14.7. The van der Waals surface area contributed by atoms with Gasteiger partial charge in [0, 0.05) is 16.8 Å². The van der Waals surface area contributed by atoms with Crippen LogP contribution in [0.4, 0.5) is 26.2 Å². The Morgan fingerprint density at radius 3 is 2.34 bits per heavy atom. The number of nitrogens with one attached hydrogen (secondary N) is 2. The van der Waals surface area contributed by atoms with Crippen molar-refractivity contribution in [1.29, 1.82) is 0 Å². The highest BCUT2D eigenvalue weighted by atomic mass is 35.5. The molecule has 3 aromatic carbocycles. The van der Waals surface area contributed by atoms with Gasteiger partial charge in [-0.25, -0.2) is 13.5 Å². The monoisotopic (exact) mass is 431 g/mol. The predicted molar refractivity (Wildman–Crippen MR) is 114 cm³/mol. The lowest BCUT2D eigenvalue weighted by atomic mass is 10.2. The SMILES string of the molecule is O=C(Nc1ccc(N(S)C(=O)Nc2ccc(Cl)cc2O)cc1)c1ccccc1F. The minimum Gasteiger partial charge on any atom is -0.506 e. The van der Waals surface area contributed by atoms with E-state index < -0.39 is 17.8 Å². The molecular formula is C20H15ClFN3O3S. The Kier molecular flexibility index (Phi) is 6.26. The molecule has 0 fully saturated rings. The summed E-state index contributed by atoms with van der Waals surface area (Å²) in [4.78, 5) is 24.5. The molecule has 0 spiro atoms. The predicted octanol–water partition coefficient (Wildman–Crippen LogP) is 5.32. The molecule has 0 unspecified atom stereocenters. The van der Waals surface area contributed by atoms with Crippen molar-refractivity contribution in [3.8, 4) is 5.75 Å². The van der Waals surface area contributed by atoms with Crippen LogP contribution in [-0.4, -0.2) is 17.0 Å². The van der Waals surface area contributed by atoms with Crippen LogP contribution in [0.1, 0.15) is 10.4 Å². The van der Waals surface area contributed by atoms with Crippen molar-refractivity contribution in [3.63, 3.8) is 0 Å². The standard InChI is InChI=1S/C20H15ClFN3O3S/c21-12-5-10-17(18(26)11-12)24-20(28)25(29)14-8-6-13(7-9-14)23-19(27)15-3-1-2-4-16(15)22/h1-11,26,29H,(H,23,27)(H,24,28). The van der Waals surface area contributed by atoms with E-state index >= 15 is 0 Å². The molecule has 0 aliphatic heterocycles. The Labute approximate surface area is 176 Å². The van der Waals surface area contributed by atoms with Gasteiger partial charge in [0.25, 0.3) is 5.91 Å². The number of hydrogen-bond donors (Lipinski definition) is 4. The number of benzene rings is 3. The van der Waals surface area contributed by atoms with Gasteiger partial charge in [0.2, 0.25) is 0 Å². The van der Waals surface area contributed by atoms with Gasteiger partial charge in [-0.15, -0.1) is 0 Å². The van der Waals surface area contributed by atoms with Crippen molar-refractivity contribution in [2.45, 2.75) is 0 Å².